The van der Waals surface area contributed by atoms with E-state index in [0.717, 1.165) is 6.42 Å². The Morgan fingerprint density at radius 2 is 2.03 bits per heavy atom. The normalized spacial score (nSPS) is 30.9. The van der Waals surface area contributed by atoms with Crippen molar-refractivity contribution in [1.29, 1.82) is 0 Å². The molecular weight excluding hydrogens is 469 g/mol. The molecule has 2 fully saturated rings. The average molecular weight is 494 g/mol. The average Bonchev–Trinajstić information content (AvgIpc) is 3.47. The topological polar surface area (TPSA) is 170 Å². The van der Waals surface area contributed by atoms with Crippen molar-refractivity contribution in [3.8, 4) is 0 Å². The van der Waals surface area contributed by atoms with Crippen molar-refractivity contribution in [3.05, 3.63) is 11.6 Å². The number of phosphoric ester groups is 1. The zero-order valence-electron chi connectivity index (χ0n) is 17.4. The summed E-state index contributed by atoms with van der Waals surface area (Å²) in [7, 11) is -1.17. The van der Waals surface area contributed by atoms with E-state index >= 15 is 0 Å². The van der Waals surface area contributed by atoms with E-state index in [2.05, 4.69) is 20.3 Å². The standard InChI is InChI=1S/C17H25ClN5O8P/c1-28-32(27,29-2)31-9-5-3-4-8(9)20-14-11-15(22-17(18)21-14)23(7-19-11)16-13(26)12(25)10(6-24)30-16/h7-10,12-13,16,24-26H,3-6H2,1-2H3,(H,20,21,22)/t8-,9-,10-,12-,13-,16-/m1/s1. The van der Waals surface area contributed by atoms with Crippen LogP contribution in [0.15, 0.2) is 6.33 Å². The quantitative estimate of drug-likeness (QED) is 0.302. The second-order valence-electron chi connectivity index (χ2n) is 7.53. The monoisotopic (exact) mass is 493 g/mol. The van der Waals surface area contributed by atoms with Gasteiger partial charge in [-0.3, -0.25) is 18.1 Å². The van der Waals surface area contributed by atoms with E-state index in [4.69, 9.17) is 29.9 Å². The van der Waals surface area contributed by atoms with Gasteiger partial charge in [0.05, 0.1) is 25.1 Å². The Morgan fingerprint density at radius 3 is 2.69 bits per heavy atom. The second-order valence-corrected chi connectivity index (χ2v) is 9.71. The van der Waals surface area contributed by atoms with E-state index < -0.39 is 45.1 Å². The van der Waals surface area contributed by atoms with Crippen molar-refractivity contribution in [2.45, 2.75) is 55.9 Å². The van der Waals surface area contributed by atoms with Crippen LogP contribution in [0, 0.1) is 0 Å². The van der Waals surface area contributed by atoms with E-state index in [9.17, 15) is 19.9 Å². The van der Waals surface area contributed by atoms with Crippen LogP contribution in [0.5, 0.6) is 0 Å². The van der Waals surface area contributed by atoms with Crippen molar-refractivity contribution in [2.75, 3.05) is 26.1 Å². The molecule has 4 rings (SSSR count). The molecule has 1 saturated carbocycles. The molecule has 6 atom stereocenters. The number of rotatable bonds is 8. The van der Waals surface area contributed by atoms with Gasteiger partial charge in [0, 0.05) is 14.2 Å². The molecule has 32 heavy (non-hydrogen) atoms. The SMILES string of the molecule is COP(=O)(OC)O[C@@H]1CCC[C@H]1Nc1nc(Cl)nc2c1ncn2[C@@H]1O[C@H](CO)[C@@H](O)[C@H]1O. The minimum atomic E-state index is -3.67. The number of phosphoric acid groups is 1. The first-order valence-electron chi connectivity index (χ1n) is 9.99. The number of halogens is 1. The molecule has 15 heteroatoms. The third-order valence-corrected chi connectivity index (χ3v) is 7.26. The first kappa shape index (κ1) is 23.7. The molecule has 0 unspecified atom stereocenters. The fraction of sp³-hybridized carbons (Fsp3) is 0.706. The van der Waals surface area contributed by atoms with Crippen LogP contribution < -0.4 is 5.32 Å². The molecule has 0 radical (unpaired) electrons. The number of nitrogens with one attached hydrogen (secondary N) is 1. The second kappa shape index (κ2) is 9.45. The minimum absolute atomic E-state index is 0.0802. The van der Waals surface area contributed by atoms with E-state index in [0.29, 0.717) is 24.2 Å². The molecule has 2 aliphatic rings. The van der Waals surface area contributed by atoms with Crippen molar-refractivity contribution in [1.82, 2.24) is 19.5 Å². The summed E-state index contributed by atoms with van der Waals surface area (Å²) in [6.07, 6.45) is -1.48. The van der Waals surface area contributed by atoms with Gasteiger partial charge in [-0.05, 0) is 30.9 Å². The van der Waals surface area contributed by atoms with Crippen LogP contribution in [0.25, 0.3) is 11.2 Å². The Balaban J connectivity index is 1.61. The van der Waals surface area contributed by atoms with E-state index in [1.165, 1.54) is 25.1 Å². The predicted octanol–water partition coefficient (Wildman–Crippen LogP) is 0.842. The molecule has 1 saturated heterocycles. The highest BCUT2D eigenvalue weighted by Gasteiger charge is 2.44. The van der Waals surface area contributed by atoms with Gasteiger partial charge in [-0.25, -0.2) is 9.55 Å². The molecule has 1 aliphatic heterocycles. The van der Waals surface area contributed by atoms with Crippen molar-refractivity contribution < 1.29 is 38.2 Å². The molecule has 178 valence electrons. The molecule has 1 aliphatic carbocycles. The van der Waals surface area contributed by atoms with Crippen LogP contribution in [-0.2, 0) is 22.9 Å². The van der Waals surface area contributed by atoms with Gasteiger partial charge in [0.1, 0.15) is 18.3 Å². The number of fused-ring (bicyclic) bond motifs is 1. The van der Waals surface area contributed by atoms with Crippen LogP contribution in [0.4, 0.5) is 5.82 Å². The predicted molar refractivity (Wildman–Crippen MR) is 111 cm³/mol. The molecule has 13 nitrogen and oxygen atoms in total. The van der Waals surface area contributed by atoms with Gasteiger partial charge in [0.2, 0.25) is 5.28 Å². The summed E-state index contributed by atoms with van der Waals surface area (Å²) in [5.41, 5.74) is 0.608. The van der Waals surface area contributed by atoms with E-state index in [-0.39, 0.29) is 17.0 Å². The summed E-state index contributed by atoms with van der Waals surface area (Å²) in [6, 6.07) is -0.276. The number of ether oxygens (including phenoxy) is 1. The Hall–Kier alpha value is -1.41. The highest BCUT2D eigenvalue weighted by molar-refractivity contribution is 7.48. The van der Waals surface area contributed by atoms with Crippen molar-refractivity contribution in [3.63, 3.8) is 0 Å². The van der Waals surface area contributed by atoms with Crippen LogP contribution >= 0.6 is 19.4 Å². The van der Waals surface area contributed by atoms with Gasteiger partial charge < -0.3 is 25.4 Å². The van der Waals surface area contributed by atoms with Crippen LogP contribution in [0.3, 0.4) is 0 Å². The number of aliphatic hydroxyl groups is 3. The number of anilines is 1. The number of hydrogen-bond acceptors (Lipinski definition) is 12. The Kier molecular flexibility index (Phi) is 7.01. The minimum Gasteiger partial charge on any atom is -0.394 e. The number of hydrogen-bond donors (Lipinski definition) is 4. The van der Waals surface area contributed by atoms with Crippen LogP contribution in [-0.4, -0.2) is 86.1 Å². The Bertz CT molecular complexity index is 1000. The number of aromatic nitrogens is 4. The largest absolute Gasteiger partial charge is 0.474 e. The first-order chi connectivity index (χ1) is 15.3. The Morgan fingerprint density at radius 1 is 1.28 bits per heavy atom. The number of imidazole rings is 1. The lowest BCUT2D eigenvalue weighted by atomic mass is 10.1. The summed E-state index contributed by atoms with van der Waals surface area (Å²) in [4.78, 5) is 12.7. The molecule has 0 bridgehead atoms. The van der Waals surface area contributed by atoms with Crippen molar-refractivity contribution in [2.24, 2.45) is 0 Å². The van der Waals surface area contributed by atoms with Gasteiger partial charge in [0.25, 0.3) is 0 Å². The fourth-order valence-corrected chi connectivity index (χ4v) is 5.08. The molecule has 0 aromatic carbocycles. The van der Waals surface area contributed by atoms with E-state index in [1.807, 2.05) is 0 Å². The molecular formula is C17H25ClN5O8P. The number of aliphatic hydroxyl groups excluding tert-OH is 3. The van der Waals surface area contributed by atoms with Gasteiger partial charge in [0.15, 0.2) is 23.2 Å². The van der Waals surface area contributed by atoms with Crippen LogP contribution in [0.1, 0.15) is 25.5 Å². The van der Waals surface area contributed by atoms with Crippen LogP contribution in [0.2, 0.25) is 5.28 Å². The molecule has 2 aromatic heterocycles. The highest BCUT2D eigenvalue weighted by Crippen LogP contribution is 2.51. The lowest BCUT2D eigenvalue weighted by molar-refractivity contribution is -0.0511. The summed E-state index contributed by atoms with van der Waals surface area (Å²) in [6.45, 7) is -0.459. The summed E-state index contributed by atoms with van der Waals surface area (Å²) in [5.74, 6) is 0.315. The molecule has 2 aromatic rings. The maximum atomic E-state index is 12.4. The van der Waals surface area contributed by atoms with Gasteiger partial charge >= 0.3 is 7.82 Å². The fourth-order valence-electron chi connectivity index (χ4n) is 4.01. The van der Waals surface area contributed by atoms with Gasteiger partial charge in [-0.1, -0.05) is 0 Å². The molecule has 0 spiro atoms. The number of nitrogens with zero attached hydrogens (tertiary/aromatic N) is 4. The third kappa shape index (κ3) is 4.37. The zero-order chi connectivity index (χ0) is 23.0. The molecule has 3 heterocycles. The Labute approximate surface area is 188 Å². The first-order valence-corrected chi connectivity index (χ1v) is 11.8. The maximum absolute atomic E-state index is 12.4. The summed E-state index contributed by atoms with van der Waals surface area (Å²) >= 11 is 6.14. The van der Waals surface area contributed by atoms with Gasteiger partial charge in [-0.15, -0.1) is 0 Å². The molecule has 0 amide bonds. The zero-order valence-corrected chi connectivity index (χ0v) is 19.0. The van der Waals surface area contributed by atoms with E-state index in [1.54, 1.807) is 0 Å². The molecule has 4 N–H and O–H groups in total. The lowest BCUT2D eigenvalue weighted by Crippen LogP contribution is -2.33. The van der Waals surface area contributed by atoms with Gasteiger partial charge in [-0.2, -0.15) is 9.97 Å². The summed E-state index contributed by atoms with van der Waals surface area (Å²) < 4.78 is 34.7. The lowest BCUT2D eigenvalue weighted by Gasteiger charge is -2.24. The van der Waals surface area contributed by atoms with Crippen molar-refractivity contribution >= 4 is 36.4 Å². The smallest absolute Gasteiger partial charge is 0.394 e. The maximum Gasteiger partial charge on any atom is 0.474 e. The third-order valence-electron chi connectivity index (χ3n) is 5.67. The summed E-state index contributed by atoms with van der Waals surface area (Å²) in [5, 5.41) is 32.9. The highest BCUT2D eigenvalue weighted by atomic mass is 35.5.